The van der Waals surface area contributed by atoms with Crippen molar-refractivity contribution in [3.63, 3.8) is 0 Å². The molecule has 1 fully saturated rings. The summed E-state index contributed by atoms with van der Waals surface area (Å²) in [6.07, 6.45) is 1.38. The van der Waals surface area contributed by atoms with E-state index in [1.807, 2.05) is 0 Å². The second-order valence-electron chi connectivity index (χ2n) is 1.09. The molecule has 34 valence electrons. The maximum absolute atomic E-state index is 5.08. The molecule has 0 aromatic heterocycles. The minimum Gasteiger partial charge on any atom is -0.272 e. The Balaban J connectivity index is 2.47. The molecule has 0 amide bonds. The quantitative estimate of drug-likeness (QED) is 0.272. The minimum atomic E-state index is -0.944. The normalized spacial score (nSPS) is 26.2. The first kappa shape index (κ1) is 3.80. The molecule has 0 aromatic carbocycles. The molecule has 3 heteroatoms. The van der Waals surface area contributed by atoms with E-state index < -0.39 is 5.91 Å². The predicted octanol–water partition coefficient (Wildman–Crippen LogP) is -0.253. The molecule has 1 rings (SSSR count). The molecule has 1 aliphatic heterocycles. The Morgan fingerprint density at radius 2 is 2.17 bits per heavy atom. The van der Waals surface area contributed by atoms with Crippen LogP contribution >= 0.6 is 0 Å². The van der Waals surface area contributed by atoms with Gasteiger partial charge in [0.15, 0.2) is 0 Å². The summed E-state index contributed by atoms with van der Waals surface area (Å²) in [5.74, 6) is -0.944. The van der Waals surface area contributed by atoms with E-state index in [9.17, 15) is 0 Å². The van der Waals surface area contributed by atoms with Gasteiger partial charge >= 0.3 is 5.91 Å². The predicted molar refractivity (Wildman–Crippen MR) is 19.3 cm³/mol. The third-order valence-electron chi connectivity index (χ3n) is 0.560. The zero-order valence-electron chi connectivity index (χ0n) is 3.18. The molecule has 0 atom stereocenters. The molecule has 1 saturated heterocycles. The zero-order valence-corrected chi connectivity index (χ0v) is 3.18. The summed E-state index contributed by atoms with van der Waals surface area (Å²) >= 11 is 0. The van der Waals surface area contributed by atoms with Gasteiger partial charge in [-0.2, -0.15) is 9.78 Å². The standard InChI is InChI=1S/C3H5NO2/c1-2-3(4)5-6-3/h2H,1,4H2. The summed E-state index contributed by atoms with van der Waals surface area (Å²) < 4.78 is 0. The number of hydrogen-bond donors (Lipinski definition) is 1. The van der Waals surface area contributed by atoms with Crippen LogP contribution in [0, 0.1) is 0 Å². The molecule has 0 saturated carbocycles. The van der Waals surface area contributed by atoms with Crippen molar-refractivity contribution in [1.82, 2.24) is 0 Å². The van der Waals surface area contributed by atoms with Crippen molar-refractivity contribution in [2.45, 2.75) is 5.91 Å². The van der Waals surface area contributed by atoms with Crippen LogP contribution in [0.15, 0.2) is 12.7 Å². The highest BCUT2D eigenvalue weighted by Crippen LogP contribution is 2.22. The van der Waals surface area contributed by atoms with Gasteiger partial charge in [0.1, 0.15) is 0 Å². The first-order valence-corrected chi connectivity index (χ1v) is 1.56. The van der Waals surface area contributed by atoms with Crippen LogP contribution in [0.1, 0.15) is 0 Å². The molecular formula is C3H5NO2. The Morgan fingerprint density at radius 3 is 2.17 bits per heavy atom. The van der Waals surface area contributed by atoms with Gasteiger partial charge in [0.25, 0.3) is 0 Å². The lowest BCUT2D eigenvalue weighted by Crippen LogP contribution is -2.18. The minimum absolute atomic E-state index is 0.944. The molecule has 0 aliphatic carbocycles. The Labute approximate surface area is 35.3 Å². The van der Waals surface area contributed by atoms with Crippen molar-refractivity contribution >= 4 is 0 Å². The van der Waals surface area contributed by atoms with Crippen LogP contribution in [0.3, 0.4) is 0 Å². The Kier molecular flexibility index (Phi) is 0.516. The number of nitrogens with two attached hydrogens (primary N) is 1. The lowest BCUT2D eigenvalue weighted by atomic mass is 10.5. The van der Waals surface area contributed by atoms with Crippen LogP contribution in [0.25, 0.3) is 0 Å². The van der Waals surface area contributed by atoms with Crippen LogP contribution in [0.5, 0.6) is 0 Å². The van der Waals surface area contributed by atoms with Crippen molar-refractivity contribution < 1.29 is 9.78 Å². The highest BCUT2D eigenvalue weighted by Gasteiger charge is 2.40. The van der Waals surface area contributed by atoms with Gasteiger partial charge in [0.05, 0.1) is 0 Å². The van der Waals surface area contributed by atoms with E-state index in [-0.39, 0.29) is 0 Å². The molecule has 0 radical (unpaired) electrons. The molecule has 0 spiro atoms. The lowest BCUT2D eigenvalue weighted by Gasteiger charge is -1.79. The SMILES string of the molecule is C=CC1(N)OO1. The fraction of sp³-hybridized carbons (Fsp3) is 0.333. The third-order valence-corrected chi connectivity index (χ3v) is 0.560. The average molecular weight is 87.1 g/mol. The summed E-state index contributed by atoms with van der Waals surface area (Å²) in [4.78, 5) is 8.41. The monoisotopic (exact) mass is 87.0 g/mol. The van der Waals surface area contributed by atoms with Crippen LogP contribution in [-0.2, 0) is 9.78 Å². The van der Waals surface area contributed by atoms with Gasteiger partial charge in [-0.05, 0) is 6.08 Å². The smallest absolute Gasteiger partial charge is 0.272 e. The molecule has 0 aromatic rings. The van der Waals surface area contributed by atoms with Gasteiger partial charge in [-0.3, -0.25) is 5.73 Å². The molecular weight excluding hydrogens is 82.0 g/mol. The summed E-state index contributed by atoms with van der Waals surface area (Å²) in [5.41, 5.74) is 5.08. The Bertz CT molecular complexity index is 76.9. The Morgan fingerprint density at radius 1 is 1.67 bits per heavy atom. The van der Waals surface area contributed by atoms with E-state index in [0.717, 1.165) is 0 Å². The van der Waals surface area contributed by atoms with E-state index in [1.54, 1.807) is 0 Å². The van der Waals surface area contributed by atoms with Crippen molar-refractivity contribution in [1.29, 1.82) is 0 Å². The van der Waals surface area contributed by atoms with Gasteiger partial charge in [-0.1, -0.05) is 6.58 Å². The van der Waals surface area contributed by atoms with E-state index in [0.29, 0.717) is 0 Å². The second kappa shape index (κ2) is 0.815. The molecule has 6 heavy (non-hydrogen) atoms. The van der Waals surface area contributed by atoms with Gasteiger partial charge in [0.2, 0.25) is 0 Å². The van der Waals surface area contributed by atoms with Crippen LogP contribution in [0.2, 0.25) is 0 Å². The van der Waals surface area contributed by atoms with Crippen LogP contribution in [-0.4, -0.2) is 5.91 Å². The molecule has 0 bridgehead atoms. The van der Waals surface area contributed by atoms with Crippen LogP contribution in [0.4, 0.5) is 0 Å². The van der Waals surface area contributed by atoms with Crippen molar-refractivity contribution in [2.75, 3.05) is 0 Å². The molecule has 1 aliphatic rings. The largest absolute Gasteiger partial charge is 0.304 e. The number of hydrogen-bond acceptors (Lipinski definition) is 3. The van der Waals surface area contributed by atoms with Gasteiger partial charge in [-0.25, -0.2) is 0 Å². The van der Waals surface area contributed by atoms with Gasteiger partial charge < -0.3 is 0 Å². The van der Waals surface area contributed by atoms with Gasteiger partial charge in [-0.15, -0.1) is 0 Å². The second-order valence-corrected chi connectivity index (χ2v) is 1.09. The highest BCUT2D eigenvalue weighted by molar-refractivity contribution is 4.86. The van der Waals surface area contributed by atoms with E-state index in [4.69, 9.17) is 5.73 Å². The molecule has 0 unspecified atom stereocenters. The van der Waals surface area contributed by atoms with Crippen molar-refractivity contribution in [2.24, 2.45) is 5.73 Å². The summed E-state index contributed by atoms with van der Waals surface area (Å²) in [6, 6.07) is 0. The van der Waals surface area contributed by atoms with Gasteiger partial charge in [0, 0.05) is 0 Å². The Hall–Kier alpha value is -0.380. The molecule has 2 N–H and O–H groups in total. The molecule has 3 nitrogen and oxygen atoms in total. The average Bonchev–Trinajstić information content (AvgIpc) is 2.22. The van der Waals surface area contributed by atoms with Crippen LogP contribution < -0.4 is 5.73 Å². The molecule has 1 heterocycles. The fourth-order valence-electron chi connectivity index (χ4n) is 0.116. The van der Waals surface area contributed by atoms with E-state index in [2.05, 4.69) is 16.4 Å². The first-order valence-electron chi connectivity index (χ1n) is 1.56. The number of rotatable bonds is 1. The van der Waals surface area contributed by atoms with Crippen molar-refractivity contribution in [3.8, 4) is 0 Å². The third kappa shape index (κ3) is 0.428. The maximum Gasteiger partial charge on any atom is 0.304 e. The van der Waals surface area contributed by atoms with E-state index in [1.165, 1.54) is 6.08 Å². The fourth-order valence-corrected chi connectivity index (χ4v) is 0.116. The zero-order chi connectivity index (χ0) is 4.62. The lowest BCUT2D eigenvalue weighted by molar-refractivity contribution is 0.0850. The van der Waals surface area contributed by atoms with Crippen molar-refractivity contribution in [3.05, 3.63) is 12.7 Å². The van der Waals surface area contributed by atoms with E-state index >= 15 is 0 Å². The summed E-state index contributed by atoms with van der Waals surface area (Å²) in [7, 11) is 0. The maximum atomic E-state index is 5.08. The first-order chi connectivity index (χ1) is 2.77. The topological polar surface area (TPSA) is 51.1 Å². The summed E-state index contributed by atoms with van der Waals surface area (Å²) in [5, 5.41) is 0. The highest BCUT2D eigenvalue weighted by atomic mass is 17.4. The summed E-state index contributed by atoms with van der Waals surface area (Å²) in [6.45, 7) is 3.32.